The Morgan fingerprint density at radius 3 is 2.69 bits per heavy atom. The molecule has 1 unspecified atom stereocenters. The SMILES string of the molecule is CN(C)C1(C#CC(N)=O)CCOC1. The molecule has 4 nitrogen and oxygen atoms in total. The zero-order chi connectivity index (χ0) is 9.90. The summed E-state index contributed by atoms with van der Waals surface area (Å²) >= 11 is 0. The van der Waals surface area contributed by atoms with Crippen molar-refractivity contribution < 1.29 is 9.53 Å². The summed E-state index contributed by atoms with van der Waals surface area (Å²) in [4.78, 5) is 12.5. The first-order valence-corrected chi connectivity index (χ1v) is 4.15. The molecule has 0 bridgehead atoms. The number of rotatable bonds is 1. The lowest BCUT2D eigenvalue weighted by molar-refractivity contribution is -0.112. The molecule has 4 heteroatoms. The number of nitrogens with zero attached hydrogens (tertiary/aromatic N) is 1. The van der Waals surface area contributed by atoms with Gasteiger partial charge in [-0.25, -0.2) is 0 Å². The average molecular weight is 182 g/mol. The number of carbonyl (C=O) groups excluding carboxylic acids is 1. The van der Waals surface area contributed by atoms with Gasteiger partial charge in [0.2, 0.25) is 0 Å². The van der Waals surface area contributed by atoms with Gasteiger partial charge in [-0.2, -0.15) is 0 Å². The van der Waals surface area contributed by atoms with Crippen LogP contribution in [0.25, 0.3) is 0 Å². The molecule has 0 saturated carbocycles. The van der Waals surface area contributed by atoms with Gasteiger partial charge in [-0.15, -0.1) is 0 Å². The van der Waals surface area contributed by atoms with Crippen LogP contribution in [-0.2, 0) is 9.53 Å². The molecule has 1 saturated heterocycles. The topological polar surface area (TPSA) is 55.6 Å². The lowest BCUT2D eigenvalue weighted by Gasteiger charge is -2.28. The van der Waals surface area contributed by atoms with Crippen molar-refractivity contribution in [1.82, 2.24) is 4.90 Å². The number of likely N-dealkylation sites (N-methyl/N-ethyl adjacent to an activating group) is 1. The van der Waals surface area contributed by atoms with E-state index >= 15 is 0 Å². The third-order valence-electron chi connectivity index (χ3n) is 2.28. The first kappa shape index (κ1) is 10.0. The van der Waals surface area contributed by atoms with E-state index in [9.17, 15) is 4.79 Å². The van der Waals surface area contributed by atoms with Crippen LogP contribution >= 0.6 is 0 Å². The summed E-state index contributed by atoms with van der Waals surface area (Å²) in [5.41, 5.74) is 4.63. The number of nitrogens with two attached hydrogens (primary N) is 1. The molecule has 0 spiro atoms. The van der Waals surface area contributed by atoms with Crippen molar-refractivity contribution >= 4 is 5.91 Å². The van der Waals surface area contributed by atoms with E-state index in [1.54, 1.807) is 0 Å². The maximum atomic E-state index is 10.5. The molecular weight excluding hydrogens is 168 g/mol. The highest BCUT2D eigenvalue weighted by molar-refractivity contribution is 5.92. The second-order valence-electron chi connectivity index (χ2n) is 3.34. The van der Waals surface area contributed by atoms with Crippen molar-refractivity contribution in [1.29, 1.82) is 0 Å². The molecule has 1 fully saturated rings. The van der Waals surface area contributed by atoms with Gasteiger partial charge >= 0.3 is 0 Å². The fraction of sp³-hybridized carbons (Fsp3) is 0.667. The zero-order valence-corrected chi connectivity index (χ0v) is 7.96. The Labute approximate surface area is 78.0 Å². The van der Waals surface area contributed by atoms with Crippen LogP contribution in [0.15, 0.2) is 0 Å². The van der Waals surface area contributed by atoms with Crippen LogP contribution in [0.3, 0.4) is 0 Å². The highest BCUT2D eigenvalue weighted by Gasteiger charge is 2.35. The molecule has 1 aliphatic heterocycles. The largest absolute Gasteiger partial charge is 0.378 e. The lowest BCUT2D eigenvalue weighted by atomic mass is 9.98. The van der Waals surface area contributed by atoms with E-state index in [-0.39, 0.29) is 5.54 Å². The molecule has 1 heterocycles. The number of carbonyl (C=O) groups is 1. The summed E-state index contributed by atoms with van der Waals surface area (Å²) in [6.45, 7) is 1.23. The molecule has 2 N–H and O–H groups in total. The Morgan fingerprint density at radius 2 is 2.31 bits per heavy atom. The quantitative estimate of drug-likeness (QED) is 0.540. The third kappa shape index (κ3) is 2.20. The van der Waals surface area contributed by atoms with Crippen LogP contribution in [-0.4, -0.2) is 43.7 Å². The number of primary amides is 1. The molecule has 1 atom stereocenters. The fourth-order valence-corrected chi connectivity index (χ4v) is 1.30. The molecule has 0 aromatic heterocycles. The zero-order valence-electron chi connectivity index (χ0n) is 7.96. The van der Waals surface area contributed by atoms with Crippen molar-refractivity contribution in [3.05, 3.63) is 0 Å². The highest BCUT2D eigenvalue weighted by Crippen LogP contribution is 2.22. The number of hydrogen-bond donors (Lipinski definition) is 1. The normalized spacial score (nSPS) is 27.0. The van der Waals surface area contributed by atoms with Gasteiger partial charge in [0, 0.05) is 13.0 Å². The summed E-state index contributed by atoms with van der Waals surface area (Å²) < 4.78 is 5.26. The van der Waals surface area contributed by atoms with Gasteiger partial charge in [-0.1, -0.05) is 5.92 Å². The Balaban J connectivity index is 2.81. The summed E-state index contributed by atoms with van der Waals surface area (Å²) in [7, 11) is 3.84. The van der Waals surface area contributed by atoms with E-state index < -0.39 is 5.91 Å². The van der Waals surface area contributed by atoms with E-state index in [1.807, 2.05) is 19.0 Å². The molecule has 0 aliphatic carbocycles. The van der Waals surface area contributed by atoms with Gasteiger partial charge in [0.05, 0.1) is 6.61 Å². The van der Waals surface area contributed by atoms with Crippen LogP contribution in [0.5, 0.6) is 0 Å². The minimum absolute atomic E-state index is 0.324. The maximum Gasteiger partial charge on any atom is 0.293 e. The van der Waals surface area contributed by atoms with Gasteiger partial charge < -0.3 is 10.5 Å². The molecule has 0 aromatic rings. The van der Waals surface area contributed by atoms with E-state index in [0.29, 0.717) is 13.2 Å². The summed E-state index contributed by atoms with van der Waals surface area (Å²) in [5.74, 6) is 4.66. The predicted molar refractivity (Wildman–Crippen MR) is 48.8 cm³/mol. The molecule has 1 amide bonds. The van der Waals surface area contributed by atoms with Crippen LogP contribution in [0.2, 0.25) is 0 Å². The Bertz CT molecular complexity index is 257. The first-order chi connectivity index (χ1) is 6.07. The third-order valence-corrected chi connectivity index (χ3v) is 2.28. The molecule has 0 radical (unpaired) electrons. The Kier molecular flexibility index (Phi) is 2.91. The van der Waals surface area contributed by atoms with Gasteiger partial charge in [0.1, 0.15) is 5.54 Å². The summed E-state index contributed by atoms with van der Waals surface area (Å²) in [6.07, 6.45) is 0.820. The second-order valence-corrected chi connectivity index (χ2v) is 3.34. The van der Waals surface area contributed by atoms with Crippen LogP contribution in [0, 0.1) is 11.8 Å². The second kappa shape index (κ2) is 3.77. The molecule has 0 aromatic carbocycles. The van der Waals surface area contributed by atoms with E-state index in [1.165, 1.54) is 0 Å². The standard InChI is InChI=1S/C9H14N2O2/c1-11(2)9(4-3-8(10)12)5-6-13-7-9/h5-7H2,1-2H3,(H2,10,12). The van der Waals surface area contributed by atoms with Crippen LogP contribution < -0.4 is 5.73 Å². The van der Waals surface area contributed by atoms with Gasteiger partial charge in [-0.05, 0) is 20.0 Å². The minimum Gasteiger partial charge on any atom is -0.378 e. The highest BCUT2D eigenvalue weighted by atomic mass is 16.5. The van der Waals surface area contributed by atoms with Crippen LogP contribution in [0.1, 0.15) is 6.42 Å². The Hall–Kier alpha value is -1.05. The predicted octanol–water partition coefficient (Wildman–Crippen LogP) is -0.804. The van der Waals surface area contributed by atoms with Gasteiger partial charge in [0.15, 0.2) is 0 Å². The molecule has 13 heavy (non-hydrogen) atoms. The first-order valence-electron chi connectivity index (χ1n) is 4.15. The van der Waals surface area contributed by atoms with E-state index in [0.717, 1.165) is 6.42 Å². The monoisotopic (exact) mass is 182 g/mol. The van der Waals surface area contributed by atoms with Crippen molar-refractivity contribution in [3.8, 4) is 11.8 Å². The Morgan fingerprint density at radius 1 is 1.62 bits per heavy atom. The van der Waals surface area contributed by atoms with Crippen molar-refractivity contribution in [2.24, 2.45) is 5.73 Å². The van der Waals surface area contributed by atoms with Crippen molar-refractivity contribution in [3.63, 3.8) is 0 Å². The molecular formula is C9H14N2O2. The lowest BCUT2D eigenvalue weighted by Crippen LogP contribution is -2.43. The van der Waals surface area contributed by atoms with E-state index in [2.05, 4.69) is 11.8 Å². The number of amides is 1. The maximum absolute atomic E-state index is 10.5. The smallest absolute Gasteiger partial charge is 0.293 e. The summed E-state index contributed by atoms with van der Waals surface area (Å²) in [5, 5.41) is 0. The van der Waals surface area contributed by atoms with Crippen molar-refractivity contribution in [2.45, 2.75) is 12.0 Å². The molecule has 1 rings (SSSR count). The van der Waals surface area contributed by atoms with Crippen LogP contribution in [0.4, 0.5) is 0 Å². The van der Waals surface area contributed by atoms with Gasteiger partial charge in [-0.3, -0.25) is 9.69 Å². The van der Waals surface area contributed by atoms with E-state index in [4.69, 9.17) is 10.5 Å². The fourth-order valence-electron chi connectivity index (χ4n) is 1.30. The average Bonchev–Trinajstić information content (AvgIpc) is 2.50. The summed E-state index contributed by atoms with van der Waals surface area (Å²) in [6, 6.07) is 0. The number of hydrogen-bond acceptors (Lipinski definition) is 3. The van der Waals surface area contributed by atoms with Crippen molar-refractivity contribution in [2.75, 3.05) is 27.3 Å². The number of ether oxygens (including phenoxy) is 1. The molecule has 72 valence electrons. The molecule has 1 aliphatic rings. The van der Waals surface area contributed by atoms with Gasteiger partial charge in [0.25, 0.3) is 5.91 Å². The minimum atomic E-state index is -0.590.